The van der Waals surface area contributed by atoms with E-state index in [0.29, 0.717) is 4.90 Å². The number of morpholine rings is 1. The lowest BCUT2D eigenvalue weighted by molar-refractivity contribution is -0.156. The molecule has 160 valence electrons. The monoisotopic (exact) mass is 420 g/mol. The van der Waals surface area contributed by atoms with Crippen molar-refractivity contribution in [2.24, 2.45) is 5.73 Å². The zero-order valence-corrected chi connectivity index (χ0v) is 15.5. The largest absolute Gasteiger partial charge is 0.401 e. The third-order valence-corrected chi connectivity index (χ3v) is 4.16. The highest BCUT2D eigenvalue weighted by Crippen LogP contribution is 2.25. The Labute approximate surface area is 163 Å². The average molecular weight is 420 g/mol. The number of amides is 3. The van der Waals surface area contributed by atoms with Crippen molar-refractivity contribution in [3.05, 3.63) is 24.0 Å². The Kier molecular flexibility index (Phi) is 7.14. The second-order valence-corrected chi connectivity index (χ2v) is 6.24. The van der Waals surface area contributed by atoms with Gasteiger partial charge in [0.1, 0.15) is 12.4 Å². The molecule has 0 unspecified atom stereocenters. The Hall–Kier alpha value is -2.73. The number of carbonyl (C=O) groups is 3. The number of anilines is 2. The van der Waals surface area contributed by atoms with E-state index in [4.69, 9.17) is 10.5 Å². The van der Waals surface area contributed by atoms with Crippen molar-refractivity contribution < 1.29 is 36.7 Å². The maximum atomic E-state index is 14.4. The highest BCUT2D eigenvalue weighted by atomic mass is 19.4. The fourth-order valence-electron chi connectivity index (χ4n) is 2.88. The molecule has 1 saturated heterocycles. The molecule has 3 N–H and O–H groups in total. The van der Waals surface area contributed by atoms with E-state index in [1.807, 2.05) is 0 Å². The molecule has 1 atom stereocenters. The first-order valence-electron chi connectivity index (χ1n) is 8.62. The van der Waals surface area contributed by atoms with Crippen molar-refractivity contribution in [2.45, 2.75) is 19.1 Å². The first-order chi connectivity index (χ1) is 13.5. The van der Waals surface area contributed by atoms with Crippen molar-refractivity contribution in [3.8, 4) is 0 Å². The van der Waals surface area contributed by atoms with Crippen LogP contribution in [0.5, 0.6) is 0 Å². The predicted octanol–water partition coefficient (Wildman–Crippen LogP) is 0.865. The molecular formula is C17H20F4N4O4. The fraction of sp³-hybridized carbons (Fsp3) is 0.471. The van der Waals surface area contributed by atoms with Gasteiger partial charge >= 0.3 is 6.18 Å². The first kappa shape index (κ1) is 22.6. The molecule has 0 bridgehead atoms. The number of rotatable bonds is 7. The molecule has 1 aromatic carbocycles. The van der Waals surface area contributed by atoms with E-state index < -0.39 is 42.3 Å². The van der Waals surface area contributed by atoms with Crippen LogP contribution in [-0.2, 0) is 19.1 Å². The Morgan fingerprint density at radius 3 is 2.59 bits per heavy atom. The molecule has 0 radical (unpaired) electrons. The molecule has 0 aliphatic carbocycles. The summed E-state index contributed by atoms with van der Waals surface area (Å²) in [6.45, 7) is -0.263. The van der Waals surface area contributed by atoms with Gasteiger partial charge in [-0.05, 0) is 24.7 Å². The molecular weight excluding hydrogens is 400 g/mol. The van der Waals surface area contributed by atoms with Gasteiger partial charge in [0.05, 0.1) is 18.8 Å². The Bertz CT molecular complexity index is 787. The van der Waals surface area contributed by atoms with E-state index >= 15 is 0 Å². The van der Waals surface area contributed by atoms with Crippen LogP contribution in [0.1, 0.15) is 6.92 Å². The maximum absolute atomic E-state index is 14.4. The predicted molar refractivity (Wildman–Crippen MR) is 94.5 cm³/mol. The average Bonchev–Trinajstić information content (AvgIpc) is 2.60. The highest BCUT2D eigenvalue weighted by Gasteiger charge is 2.38. The Balaban J connectivity index is 2.18. The molecule has 0 aromatic heterocycles. The number of alkyl halides is 3. The minimum Gasteiger partial charge on any atom is -0.370 e. The second kappa shape index (κ2) is 9.18. The summed E-state index contributed by atoms with van der Waals surface area (Å²) in [5.74, 6) is -3.68. The molecule has 1 fully saturated rings. The Morgan fingerprint density at radius 1 is 1.38 bits per heavy atom. The molecule has 8 nitrogen and oxygen atoms in total. The van der Waals surface area contributed by atoms with Gasteiger partial charge in [0.25, 0.3) is 11.8 Å². The number of benzene rings is 1. The summed E-state index contributed by atoms with van der Waals surface area (Å²) in [5.41, 5.74) is 4.98. The van der Waals surface area contributed by atoms with Gasteiger partial charge in [0, 0.05) is 12.2 Å². The number of primary amides is 1. The summed E-state index contributed by atoms with van der Waals surface area (Å²) >= 11 is 0. The van der Waals surface area contributed by atoms with Crippen molar-refractivity contribution in [1.29, 1.82) is 0 Å². The van der Waals surface area contributed by atoms with Crippen LogP contribution in [0.4, 0.5) is 28.9 Å². The van der Waals surface area contributed by atoms with Gasteiger partial charge in [-0.15, -0.1) is 0 Å². The van der Waals surface area contributed by atoms with Crippen LogP contribution in [-0.4, -0.2) is 67.7 Å². The number of nitrogens with two attached hydrogens (primary N) is 1. The molecule has 12 heteroatoms. The van der Waals surface area contributed by atoms with Gasteiger partial charge in [-0.3, -0.25) is 19.3 Å². The van der Waals surface area contributed by atoms with E-state index in [0.717, 1.165) is 6.07 Å². The topological polar surface area (TPSA) is 105 Å². The fourth-order valence-corrected chi connectivity index (χ4v) is 2.88. The van der Waals surface area contributed by atoms with Crippen molar-refractivity contribution >= 4 is 29.1 Å². The molecule has 1 heterocycles. The Morgan fingerprint density at radius 2 is 2.07 bits per heavy atom. The number of hydrogen-bond donors (Lipinski definition) is 2. The van der Waals surface area contributed by atoms with Crippen molar-refractivity contribution in [1.82, 2.24) is 4.90 Å². The lowest BCUT2D eigenvalue weighted by atomic mass is 10.2. The van der Waals surface area contributed by atoms with E-state index in [1.165, 1.54) is 24.0 Å². The number of halogens is 4. The number of nitrogens with zero attached hydrogens (tertiary/aromatic N) is 2. The lowest BCUT2D eigenvalue weighted by Gasteiger charge is -2.28. The number of ether oxygens (including phenoxy) is 1. The third kappa shape index (κ3) is 5.87. The van der Waals surface area contributed by atoms with Crippen molar-refractivity contribution in [3.63, 3.8) is 0 Å². The van der Waals surface area contributed by atoms with Crippen LogP contribution in [0.15, 0.2) is 18.2 Å². The van der Waals surface area contributed by atoms with E-state index in [9.17, 15) is 31.9 Å². The highest BCUT2D eigenvalue weighted by molar-refractivity contribution is 6.09. The molecule has 0 spiro atoms. The normalized spacial score (nSPS) is 16.1. The van der Waals surface area contributed by atoms with Gasteiger partial charge < -0.3 is 20.7 Å². The van der Waals surface area contributed by atoms with Crippen LogP contribution in [0.25, 0.3) is 0 Å². The number of carbonyl (C=O) groups excluding carboxylic acids is 3. The van der Waals surface area contributed by atoms with Gasteiger partial charge in [-0.2, -0.15) is 13.2 Å². The third-order valence-electron chi connectivity index (χ3n) is 4.16. The van der Waals surface area contributed by atoms with Gasteiger partial charge in [-0.25, -0.2) is 4.39 Å². The van der Waals surface area contributed by atoms with Crippen LogP contribution >= 0.6 is 0 Å². The molecule has 1 aliphatic heterocycles. The van der Waals surface area contributed by atoms with Crippen LogP contribution in [0.3, 0.4) is 0 Å². The van der Waals surface area contributed by atoms with E-state index in [-0.39, 0.29) is 37.7 Å². The SMILES string of the molecule is CCN(CC(F)(F)F)[C@@H](C(N)=O)C(=O)Nc1ccc(N2CCOCC2=O)c(F)c1. The minimum absolute atomic E-state index is 0.0324. The number of nitrogens with one attached hydrogen (secondary N) is 1. The molecule has 2 rings (SSSR count). The van der Waals surface area contributed by atoms with Gasteiger partial charge in [-0.1, -0.05) is 6.92 Å². The zero-order chi connectivity index (χ0) is 21.8. The quantitative estimate of drug-likeness (QED) is 0.503. The molecule has 1 aliphatic rings. The number of likely N-dealkylation sites (N-methyl/N-ethyl adjacent to an activating group) is 1. The zero-order valence-electron chi connectivity index (χ0n) is 15.5. The van der Waals surface area contributed by atoms with E-state index in [1.54, 1.807) is 0 Å². The van der Waals surface area contributed by atoms with E-state index in [2.05, 4.69) is 5.32 Å². The standard InChI is InChI=1S/C17H20F4N4O4/c1-2-24(9-17(19,20)21)14(15(22)27)16(28)23-10-3-4-12(11(18)7-10)25-5-6-29-8-13(25)26/h3-4,7,14H,2,5-6,8-9H2,1H3,(H2,22,27)(H,23,28)/t14-/m0/s1. The summed E-state index contributed by atoms with van der Waals surface area (Å²) in [6.07, 6.45) is -4.65. The first-order valence-corrected chi connectivity index (χ1v) is 8.62. The maximum Gasteiger partial charge on any atom is 0.401 e. The summed E-state index contributed by atoms with van der Waals surface area (Å²) in [5, 5.41) is 2.19. The lowest BCUT2D eigenvalue weighted by Crippen LogP contribution is -2.54. The summed E-state index contributed by atoms with van der Waals surface area (Å²) in [4.78, 5) is 37.5. The van der Waals surface area contributed by atoms with Gasteiger partial charge in [0.15, 0.2) is 6.04 Å². The van der Waals surface area contributed by atoms with Crippen LogP contribution in [0.2, 0.25) is 0 Å². The van der Waals surface area contributed by atoms with Gasteiger partial charge in [0.2, 0.25) is 5.91 Å². The number of hydrogen-bond acceptors (Lipinski definition) is 5. The minimum atomic E-state index is -4.65. The van der Waals surface area contributed by atoms with Crippen LogP contribution < -0.4 is 16.0 Å². The molecule has 0 saturated carbocycles. The smallest absolute Gasteiger partial charge is 0.370 e. The molecule has 1 aromatic rings. The molecule has 29 heavy (non-hydrogen) atoms. The molecule has 3 amide bonds. The second-order valence-electron chi connectivity index (χ2n) is 6.24. The summed E-state index contributed by atoms with van der Waals surface area (Å²) in [7, 11) is 0. The van der Waals surface area contributed by atoms with Crippen LogP contribution in [0, 0.1) is 5.82 Å². The summed E-state index contributed by atoms with van der Waals surface area (Å²) in [6, 6.07) is 1.50. The van der Waals surface area contributed by atoms with Crippen molar-refractivity contribution in [2.75, 3.05) is 43.1 Å². The summed E-state index contributed by atoms with van der Waals surface area (Å²) < 4.78 is 57.5.